The van der Waals surface area contributed by atoms with Crippen LogP contribution in [0.4, 0.5) is 5.82 Å². The molecule has 0 amide bonds. The normalized spacial score (nSPS) is 19.8. The highest BCUT2D eigenvalue weighted by molar-refractivity contribution is 5.99. The Morgan fingerprint density at radius 1 is 1.09 bits per heavy atom. The first kappa shape index (κ1) is 21.1. The molecule has 32 heavy (non-hydrogen) atoms. The Hall–Kier alpha value is -4.14. The monoisotopic (exact) mass is 424 g/mol. The lowest BCUT2D eigenvalue weighted by atomic mass is 9.76. The van der Waals surface area contributed by atoms with Gasteiger partial charge >= 0.3 is 0 Å². The van der Waals surface area contributed by atoms with E-state index in [4.69, 9.17) is 10.8 Å². The number of para-hydroxylation sites is 1. The van der Waals surface area contributed by atoms with E-state index in [1.165, 1.54) is 0 Å². The third kappa shape index (κ3) is 3.47. The van der Waals surface area contributed by atoms with E-state index >= 15 is 0 Å². The fourth-order valence-electron chi connectivity index (χ4n) is 4.11. The zero-order chi connectivity index (χ0) is 22.7. The van der Waals surface area contributed by atoms with E-state index in [1.807, 2.05) is 55.6 Å². The molecule has 2 aromatic carbocycles. The summed E-state index contributed by atoms with van der Waals surface area (Å²) in [4.78, 5) is 0. The van der Waals surface area contributed by atoms with Crippen molar-refractivity contribution in [2.45, 2.75) is 24.9 Å². The van der Waals surface area contributed by atoms with E-state index in [1.54, 1.807) is 9.69 Å². The summed E-state index contributed by atoms with van der Waals surface area (Å²) in [6.07, 6.45) is -0.279. The number of anilines is 1. The van der Waals surface area contributed by atoms with Crippen LogP contribution in [0, 0.1) is 22.7 Å². The Bertz CT molecular complexity index is 1220. The molecule has 1 aliphatic rings. The molecule has 0 spiro atoms. The maximum absolute atomic E-state index is 9.83. The van der Waals surface area contributed by atoms with E-state index in [0.29, 0.717) is 23.6 Å². The number of aromatic nitrogens is 2. The summed E-state index contributed by atoms with van der Waals surface area (Å²) >= 11 is 0. The Balaban J connectivity index is 1.73. The van der Waals surface area contributed by atoms with E-state index in [2.05, 4.69) is 41.6 Å². The number of nitriles is 2. The van der Waals surface area contributed by atoms with Crippen LogP contribution < -0.4 is 11.1 Å². The molecule has 0 fully saturated rings. The van der Waals surface area contributed by atoms with Crippen LogP contribution >= 0.6 is 0 Å². The summed E-state index contributed by atoms with van der Waals surface area (Å²) in [6.45, 7) is 2.44. The van der Waals surface area contributed by atoms with Gasteiger partial charge < -0.3 is 11.1 Å². The number of hydrogen-bond donors (Lipinski definition) is 2. The van der Waals surface area contributed by atoms with Crippen LogP contribution in [0.25, 0.3) is 5.69 Å². The van der Waals surface area contributed by atoms with Crippen molar-refractivity contribution in [2.24, 2.45) is 10.8 Å². The number of hydrazone groups is 1. The molecular formula is C24H24N8. The lowest BCUT2D eigenvalue weighted by Gasteiger charge is -2.32. The molecule has 4 rings (SSSR count). The maximum atomic E-state index is 9.83. The molecule has 1 aromatic heterocycles. The second-order valence-electron chi connectivity index (χ2n) is 7.85. The second-order valence-corrected chi connectivity index (χ2v) is 7.85. The van der Waals surface area contributed by atoms with E-state index < -0.39 is 5.41 Å². The molecule has 0 aliphatic carbocycles. The molecule has 2 heterocycles. The SMILES string of the molecule is CN1N=C(CNc2c(C#N)c(CC#N)nn2-c2ccccc2)C(C)(c2ccccc2)C1N. The lowest BCUT2D eigenvalue weighted by Crippen LogP contribution is -2.51. The standard InChI is InChI=1S/C24H24N8/c1-24(17-9-5-3-6-10-17)21(30-31(2)23(24)27)16-28-22-19(15-26)20(13-14-25)29-32(22)18-11-7-4-8-12-18/h3-12,23,28H,13,16,27H2,1-2H3. The number of nitrogens with two attached hydrogens (primary N) is 1. The summed E-state index contributed by atoms with van der Waals surface area (Å²) in [5.74, 6) is 0.533. The molecule has 0 bridgehead atoms. The number of nitrogens with one attached hydrogen (secondary N) is 1. The van der Waals surface area contributed by atoms with Crippen molar-refractivity contribution < 1.29 is 0 Å². The predicted molar refractivity (Wildman–Crippen MR) is 123 cm³/mol. The number of benzene rings is 2. The second kappa shape index (κ2) is 8.54. The Labute approximate surface area is 187 Å². The number of rotatable bonds is 6. The first-order valence-corrected chi connectivity index (χ1v) is 10.3. The Morgan fingerprint density at radius 2 is 1.75 bits per heavy atom. The van der Waals surface area contributed by atoms with Crippen LogP contribution in [0.3, 0.4) is 0 Å². The summed E-state index contributed by atoms with van der Waals surface area (Å²) in [5, 5.41) is 33.4. The number of nitrogens with zero attached hydrogens (tertiary/aromatic N) is 6. The molecular weight excluding hydrogens is 400 g/mol. The van der Waals surface area contributed by atoms with Crippen molar-refractivity contribution in [2.75, 3.05) is 18.9 Å². The molecule has 8 heteroatoms. The highest BCUT2D eigenvalue weighted by Gasteiger charge is 2.45. The van der Waals surface area contributed by atoms with Gasteiger partial charge in [0.15, 0.2) is 0 Å². The fraction of sp³-hybridized carbons (Fsp3) is 0.250. The van der Waals surface area contributed by atoms with E-state index in [-0.39, 0.29) is 12.6 Å². The minimum Gasteiger partial charge on any atom is -0.363 e. The molecule has 0 saturated heterocycles. The van der Waals surface area contributed by atoms with Crippen molar-refractivity contribution in [3.05, 3.63) is 77.5 Å². The van der Waals surface area contributed by atoms with Crippen LogP contribution in [-0.2, 0) is 11.8 Å². The topological polar surface area (TPSA) is 119 Å². The highest BCUT2D eigenvalue weighted by Crippen LogP contribution is 2.35. The molecule has 8 nitrogen and oxygen atoms in total. The van der Waals surface area contributed by atoms with Crippen LogP contribution in [-0.4, -0.2) is 40.3 Å². The van der Waals surface area contributed by atoms with Gasteiger partial charge in [-0.1, -0.05) is 48.5 Å². The number of likely N-dealkylation sites (N-methyl/N-ethyl adjacent to an activating group) is 1. The van der Waals surface area contributed by atoms with Gasteiger partial charge in [-0.2, -0.15) is 20.7 Å². The van der Waals surface area contributed by atoms with Crippen LogP contribution in [0.2, 0.25) is 0 Å². The third-order valence-corrected chi connectivity index (χ3v) is 5.99. The van der Waals surface area contributed by atoms with Crippen LogP contribution in [0.5, 0.6) is 0 Å². The molecule has 3 N–H and O–H groups in total. The predicted octanol–water partition coefficient (Wildman–Crippen LogP) is 2.77. The zero-order valence-corrected chi connectivity index (χ0v) is 18.0. The Kier molecular flexibility index (Phi) is 5.63. The van der Waals surface area contributed by atoms with Crippen molar-refractivity contribution in [1.29, 1.82) is 10.5 Å². The zero-order valence-electron chi connectivity index (χ0n) is 18.0. The lowest BCUT2D eigenvalue weighted by molar-refractivity contribution is 0.238. The fourth-order valence-corrected chi connectivity index (χ4v) is 4.11. The van der Waals surface area contributed by atoms with Crippen molar-refractivity contribution in [3.8, 4) is 17.8 Å². The molecule has 0 radical (unpaired) electrons. The van der Waals surface area contributed by atoms with Gasteiger partial charge in [-0.25, -0.2) is 4.68 Å². The largest absolute Gasteiger partial charge is 0.363 e. The highest BCUT2D eigenvalue weighted by atomic mass is 15.5. The summed E-state index contributed by atoms with van der Waals surface area (Å²) in [5.41, 5.74) is 9.55. The molecule has 2 unspecified atom stereocenters. The quantitative estimate of drug-likeness (QED) is 0.628. The van der Waals surface area contributed by atoms with Crippen LogP contribution in [0.15, 0.2) is 65.8 Å². The van der Waals surface area contributed by atoms with E-state index in [9.17, 15) is 10.5 Å². The van der Waals surface area contributed by atoms with Gasteiger partial charge in [0.1, 0.15) is 23.6 Å². The summed E-state index contributed by atoms with van der Waals surface area (Å²) in [6, 6.07) is 23.9. The molecule has 3 aromatic rings. The van der Waals surface area contributed by atoms with Crippen LogP contribution in [0.1, 0.15) is 23.7 Å². The molecule has 0 saturated carbocycles. The van der Waals surface area contributed by atoms with Crippen molar-refractivity contribution in [3.63, 3.8) is 0 Å². The van der Waals surface area contributed by atoms with Gasteiger partial charge in [0.2, 0.25) is 0 Å². The molecule has 160 valence electrons. The Morgan fingerprint density at radius 3 is 2.38 bits per heavy atom. The van der Waals surface area contributed by atoms with Crippen molar-refractivity contribution >= 4 is 11.5 Å². The molecule has 2 atom stereocenters. The maximum Gasteiger partial charge on any atom is 0.148 e. The van der Waals surface area contributed by atoms with Gasteiger partial charge in [0.05, 0.1) is 41.5 Å². The van der Waals surface area contributed by atoms with E-state index in [0.717, 1.165) is 17.0 Å². The first-order chi connectivity index (χ1) is 15.5. The van der Waals surface area contributed by atoms with Gasteiger partial charge in [0.25, 0.3) is 0 Å². The van der Waals surface area contributed by atoms with Gasteiger partial charge in [-0.05, 0) is 24.6 Å². The van der Waals surface area contributed by atoms with Crippen molar-refractivity contribution in [1.82, 2.24) is 14.8 Å². The first-order valence-electron chi connectivity index (χ1n) is 10.3. The van der Waals surface area contributed by atoms with Gasteiger partial charge in [0, 0.05) is 7.05 Å². The smallest absolute Gasteiger partial charge is 0.148 e. The number of hydrogen-bond acceptors (Lipinski definition) is 7. The van der Waals surface area contributed by atoms with Gasteiger partial charge in [-0.3, -0.25) is 5.01 Å². The third-order valence-electron chi connectivity index (χ3n) is 5.99. The molecule has 1 aliphatic heterocycles. The summed E-state index contributed by atoms with van der Waals surface area (Å²) < 4.78 is 1.67. The minimum atomic E-state index is -0.511. The summed E-state index contributed by atoms with van der Waals surface area (Å²) in [7, 11) is 1.86. The minimum absolute atomic E-state index is 0.0493. The average molecular weight is 425 g/mol. The van der Waals surface area contributed by atoms with Gasteiger partial charge in [-0.15, -0.1) is 0 Å². The average Bonchev–Trinajstić information content (AvgIpc) is 3.29.